The number of aliphatic imine (C=N–C) groups is 1. The summed E-state index contributed by atoms with van der Waals surface area (Å²) in [4.78, 5) is 13.5. The van der Waals surface area contributed by atoms with E-state index in [1.54, 1.807) is 14.0 Å². The van der Waals surface area contributed by atoms with Gasteiger partial charge in [0.2, 0.25) is 11.7 Å². The Kier molecular flexibility index (Phi) is 6.53. The molecule has 0 radical (unpaired) electrons. The van der Waals surface area contributed by atoms with Crippen LogP contribution >= 0.6 is 0 Å². The number of aromatic nitrogens is 2. The smallest absolute Gasteiger partial charge is 0.223 e. The lowest BCUT2D eigenvalue weighted by molar-refractivity contribution is 0.122. The second-order valence-electron chi connectivity index (χ2n) is 8.31. The van der Waals surface area contributed by atoms with Gasteiger partial charge in [0, 0.05) is 44.6 Å². The van der Waals surface area contributed by atoms with Crippen LogP contribution in [0.4, 0.5) is 17.1 Å². The SMILES string of the molecule is COc1c(NC2=NC(Nc3ccc(N4CCOCC4)cc3)N(C)C=C2)cccc1-c1noc(C)n1. The quantitative estimate of drug-likeness (QED) is 0.554. The van der Waals surface area contributed by atoms with Gasteiger partial charge in [0.25, 0.3) is 0 Å². The fourth-order valence-corrected chi connectivity index (χ4v) is 4.06. The van der Waals surface area contributed by atoms with E-state index in [-0.39, 0.29) is 6.29 Å². The van der Waals surface area contributed by atoms with Gasteiger partial charge in [-0.3, -0.25) is 0 Å². The maximum Gasteiger partial charge on any atom is 0.223 e. The van der Waals surface area contributed by atoms with Crippen molar-refractivity contribution >= 4 is 22.9 Å². The fraction of sp³-hybridized carbons (Fsp3) is 0.320. The van der Waals surface area contributed by atoms with Gasteiger partial charge in [-0.25, -0.2) is 4.99 Å². The molecule has 1 saturated heterocycles. The number of ether oxygens (including phenoxy) is 2. The van der Waals surface area contributed by atoms with Crippen LogP contribution in [-0.2, 0) is 4.74 Å². The zero-order chi connectivity index (χ0) is 24.2. The van der Waals surface area contributed by atoms with Gasteiger partial charge in [-0.1, -0.05) is 11.2 Å². The van der Waals surface area contributed by atoms with Gasteiger partial charge in [0.1, 0.15) is 5.84 Å². The molecule has 3 heterocycles. The third-order valence-corrected chi connectivity index (χ3v) is 5.90. The summed E-state index contributed by atoms with van der Waals surface area (Å²) in [5.41, 5.74) is 3.69. The van der Waals surface area contributed by atoms with Crippen molar-refractivity contribution in [1.29, 1.82) is 0 Å². The molecule has 2 aliphatic heterocycles. The fourth-order valence-electron chi connectivity index (χ4n) is 4.06. The first-order valence-electron chi connectivity index (χ1n) is 11.5. The first-order chi connectivity index (χ1) is 17.1. The van der Waals surface area contributed by atoms with E-state index in [1.807, 2.05) is 42.4 Å². The van der Waals surface area contributed by atoms with Gasteiger partial charge in [-0.05, 0) is 42.5 Å². The van der Waals surface area contributed by atoms with Crippen molar-refractivity contribution in [1.82, 2.24) is 15.0 Å². The van der Waals surface area contributed by atoms with Gasteiger partial charge < -0.3 is 34.4 Å². The predicted octanol–water partition coefficient (Wildman–Crippen LogP) is 3.56. The minimum atomic E-state index is -0.272. The third-order valence-electron chi connectivity index (χ3n) is 5.90. The summed E-state index contributed by atoms with van der Waals surface area (Å²) in [6.07, 6.45) is 3.63. The number of aryl methyl sites for hydroxylation is 1. The topological polar surface area (TPSA) is 100 Å². The van der Waals surface area contributed by atoms with E-state index in [4.69, 9.17) is 19.0 Å². The Morgan fingerprint density at radius 1 is 1.09 bits per heavy atom. The molecule has 3 aromatic rings. The molecule has 0 amide bonds. The number of para-hydroxylation sites is 1. The number of anilines is 3. The lowest BCUT2D eigenvalue weighted by Crippen LogP contribution is -2.37. The van der Waals surface area contributed by atoms with E-state index in [2.05, 4.69) is 49.9 Å². The summed E-state index contributed by atoms with van der Waals surface area (Å²) in [7, 11) is 3.60. The number of hydrogen-bond acceptors (Lipinski definition) is 10. The second-order valence-corrected chi connectivity index (χ2v) is 8.31. The Bertz CT molecular complexity index is 1220. The predicted molar refractivity (Wildman–Crippen MR) is 136 cm³/mol. The molecule has 0 saturated carbocycles. The molecule has 10 nitrogen and oxygen atoms in total. The standard InChI is InChI=1S/C25H29N7O3/c1-17-26-24(30-35-17)20-5-4-6-21(23(20)33-3)28-22-11-12-31(2)25(29-22)27-18-7-9-19(10-8-18)32-13-15-34-16-14-32/h4-12,25,27H,13-16H2,1-3H3,(H,28,29). The van der Waals surface area contributed by atoms with Crippen LogP contribution in [0.2, 0.25) is 0 Å². The largest absolute Gasteiger partial charge is 0.494 e. The van der Waals surface area contributed by atoms with Gasteiger partial charge in [0.05, 0.1) is 31.6 Å². The van der Waals surface area contributed by atoms with E-state index >= 15 is 0 Å². The molecule has 5 rings (SSSR count). The summed E-state index contributed by atoms with van der Waals surface area (Å²) in [5.74, 6) is 2.29. The lowest BCUT2D eigenvalue weighted by atomic mass is 10.1. The average molecular weight is 476 g/mol. The van der Waals surface area contributed by atoms with Crippen LogP contribution in [0.3, 0.4) is 0 Å². The molecule has 0 bridgehead atoms. The number of amidine groups is 1. The van der Waals surface area contributed by atoms with Gasteiger partial charge in [0.15, 0.2) is 12.0 Å². The van der Waals surface area contributed by atoms with Gasteiger partial charge in [-0.2, -0.15) is 4.98 Å². The lowest BCUT2D eigenvalue weighted by Gasteiger charge is -2.30. The molecule has 35 heavy (non-hydrogen) atoms. The summed E-state index contributed by atoms with van der Waals surface area (Å²) < 4.78 is 16.3. The van der Waals surface area contributed by atoms with Crippen LogP contribution in [-0.4, -0.2) is 67.6 Å². The number of benzene rings is 2. The summed E-state index contributed by atoms with van der Waals surface area (Å²) in [6.45, 7) is 5.13. The minimum Gasteiger partial charge on any atom is -0.494 e. The van der Waals surface area contributed by atoms with Crippen molar-refractivity contribution in [2.75, 3.05) is 56.0 Å². The Morgan fingerprint density at radius 3 is 2.60 bits per heavy atom. The normalized spacial score (nSPS) is 17.8. The average Bonchev–Trinajstić information content (AvgIpc) is 3.33. The highest BCUT2D eigenvalue weighted by atomic mass is 16.5. The number of rotatable bonds is 6. The van der Waals surface area contributed by atoms with Crippen LogP contribution in [0, 0.1) is 6.92 Å². The Labute approximate surface area is 204 Å². The van der Waals surface area contributed by atoms with Crippen molar-refractivity contribution < 1.29 is 14.0 Å². The van der Waals surface area contributed by atoms with Crippen LogP contribution in [0.15, 0.2) is 64.3 Å². The van der Waals surface area contributed by atoms with E-state index < -0.39 is 0 Å². The number of hydrogen-bond donors (Lipinski definition) is 2. The maximum absolute atomic E-state index is 5.69. The van der Waals surface area contributed by atoms with Gasteiger partial charge in [-0.15, -0.1) is 0 Å². The molecule has 2 aliphatic rings. The molecule has 0 aliphatic carbocycles. The molecule has 1 aromatic heterocycles. The van der Waals surface area contributed by atoms with Gasteiger partial charge >= 0.3 is 0 Å². The van der Waals surface area contributed by atoms with Crippen LogP contribution in [0.25, 0.3) is 11.4 Å². The molecule has 1 unspecified atom stereocenters. The molecule has 182 valence electrons. The molecular weight excluding hydrogens is 446 g/mol. The molecule has 1 atom stereocenters. The van der Waals surface area contributed by atoms with E-state index in [0.717, 1.165) is 43.2 Å². The molecule has 10 heteroatoms. The molecular formula is C25H29N7O3. The highest BCUT2D eigenvalue weighted by Gasteiger charge is 2.19. The minimum absolute atomic E-state index is 0.272. The Hall–Kier alpha value is -4.05. The third kappa shape index (κ3) is 5.07. The van der Waals surface area contributed by atoms with E-state index in [1.165, 1.54) is 5.69 Å². The highest BCUT2D eigenvalue weighted by Crippen LogP contribution is 2.35. The molecule has 0 spiro atoms. The number of methoxy groups -OCH3 is 1. The van der Waals surface area contributed by atoms with Crippen molar-refractivity contribution in [2.24, 2.45) is 4.99 Å². The number of morpholine rings is 1. The first kappa shape index (κ1) is 22.7. The maximum atomic E-state index is 5.69. The van der Waals surface area contributed by atoms with Crippen molar-refractivity contribution in [3.05, 3.63) is 60.6 Å². The monoisotopic (exact) mass is 475 g/mol. The van der Waals surface area contributed by atoms with Crippen LogP contribution in [0.5, 0.6) is 5.75 Å². The first-order valence-corrected chi connectivity index (χ1v) is 11.5. The summed E-state index contributed by atoms with van der Waals surface area (Å²) in [6, 6.07) is 14.2. The van der Waals surface area contributed by atoms with Crippen molar-refractivity contribution in [3.63, 3.8) is 0 Å². The Morgan fingerprint density at radius 2 is 1.89 bits per heavy atom. The van der Waals surface area contributed by atoms with Crippen LogP contribution in [0.1, 0.15) is 5.89 Å². The molecule has 2 N–H and O–H groups in total. The van der Waals surface area contributed by atoms with E-state index in [0.29, 0.717) is 23.3 Å². The molecule has 2 aromatic carbocycles. The highest BCUT2D eigenvalue weighted by molar-refractivity contribution is 6.05. The number of nitrogens with zero attached hydrogens (tertiary/aromatic N) is 5. The Balaban J connectivity index is 1.31. The molecule has 1 fully saturated rings. The van der Waals surface area contributed by atoms with Crippen molar-refractivity contribution in [3.8, 4) is 17.1 Å². The zero-order valence-electron chi connectivity index (χ0n) is 20.1. The summed E-state index contributed by atoms with van der Waals surface area (Å²) in [5, 5.41) is 10.9. The van der Waals surface area contributed by atoms with Crippen LogP contribution < -0.4 is 20.3 Å². The van der Waals surface area contributed by atoms with E-state index in [9.17, 15) is 0 Å². The zero-order valence-corrected chi connectivity index (χ0v) is 20.1. The second kappa shape index (κ2) is 10.1. The summed E-state index contributed by atoms with van der Waals surface area (Å²) >= 11 is 0. The van der Waals surface area contributed by atoms with Crippen molar-refractivity contribution in [2.45, 2.75) is 13.2 Å². The number of nitrogens with one attached hydrogen (secondary N) is 2.